The normalized spacial score (nSPS) is 11.2. The highest BCUT2D eigenvalue weighted by molar-refractivity contribution is 5.83. The van der Waals surface area contributed by atoms with Crippen LogP contribution in [0.4, 0.5) is 5.82 Å². The lowest BCUT2D eigenvalue weighted by atomic mass is 10.1. The fraction of sp³-hybridized carbons (Fsp3) is 0.111. The summed E-state index contributed by atoms with van der Waals surface area (Å²) in [7, 11) is 2.00. The van der Waals surface area contributed by atoms with Gasteiger partial charge in [-0.1, -0.05) is 42.5 Å². The molecule has 4 aromatic rings. The number of benzene rings is 2. The molecule has 0 atom stereocenters. The summed E-state index contributed by atoms with van der Waals surface area (Å²) in [6.07, 6.45) is 0.740. The second kappa shape index (κ2) is 5.28. The van der Waals surface area contributed by atoms with Crippen LogP contribution in [0.25, 0.3) is 22.4 Å². The fourth-order valence-electron chi connectivity index (χ4n) is 2.94. The van der Waals surface area contributed by atoms with E-state index in [1.54, 1.807) is 0 Å². The van der Waals surface area contributed by atoms with Gasteiger partial charge in [0, 0.05) is 13.5 Å². The molecule has 0 fully saturated rings. The minimum atomic E-state index is 0.481. The molecule has 114 valence electrons. The number of fused-ring (bicyclic) bond motifs is 1. The van der Waals surface area contributed by atoms with Gasteiger partial charge in [0.2, 0.25) is 0 Å². The minimum Gasteiger partial charge on any atom is -0.382 e. The fourth-order valence-corrected chi connectivity index (χ4v) is 2.94. The van der Waals surface area contributed by atoms with Gasteiger partial charge >= 0.3 is 0 Å². The van der Waals surface area contributed by atoms with Crippen molar-refractivity contribution in [2.24, 2.45) is 7.05 Å². The zero-order valence-electron chi connectivity index (χ0n) is 12.8. The third-order valence-electron chi connectivity index (χ3n) is 4.10. The SMILES string of the molecule is Cn1c(-c2c(N)n[nH]c2Cc2ccccc2)nc2ccccc21. The van der Waals surface area contributed by atoms with Gasteiger partial charge in [-0.15, -0.1) is 0 Å². The van der Waals surface area contributed by atoms with Gasteiger partial charge in [0.1, 0.15) is 5.82 Å². The van der Waals surface area contributed by atoms with Crippen LogP contribution in [-0.2, 0) is 13.5 Å². The van der Waals surface area contributed by atoms with E-state index in [0.717, 1.165) is 34.5 Å². The van der Waals surface area contributed by atoms with Gasteiger partial charge in [0.25, 0.3) is 0 Å². The van der Waals surface area contributed by atoms with Crippen molar-refractivity contribution in [1.29, 1.82) is 0 Å². The second-order valence-corrected chi connectivity index (χ2v) is 5.61. The Labute approximate surface area is 133 Å². The van der Waals surface area contributed by atoms with Gasteiger partial charge in [0.15, 0.2) is 5.82 Å². The number of hydrogen-bond donors (Lipinski definition) is 2. The molecule has 0 aliphatic rings. The molecule has 0 saturated heterocycles. The number of hydrogen-bond acceptors (Lipinski definition) is 3. The number of aromatic amines is 1. The first-order chi connectivity index (χ1) is 11.2. The standard InChI is InChI=1S/C18H17N5/c1-23-15-10-6-5-9-13(15)20-18(23)16-14(21-22-17(16)19)11-12-7-3-2-4-8-12/h2-10H,11H2,1H3,(H3,19,21,22). The summed E-state index contributed by atoms with van der Waals surface area (Å²) in [5, 5.41) is 7.26. The summed E-state index contributed by atoms with van der Waals surface area (Å²) in [5.74, 6) is 1.32. The third kappa shape index (κ3) is 2.26. The average molecular weight is 303 g/mol. The third-order valence-corrected chi connectivity index (χ3v) is 4.10. The minimum absolute atomic E-state index is 0.481. The van der Waals surface area contributed by atoms with Crippen molar-refractivity contribution >= 4 is 16.9 Å². The van der Waals surface area contributed by atoms with Crippen molar-refractivity contribution in [2.75, 3.05) is 5.73 Å². The Balaban J connectivity index is 1.85. The number of aromatic nitrogens is 4. The lowest BCUT2D eigenvalue weighted by Crippen LogP contribution is -1.99. The molecule has 2 heterocycles. The van der Waals surface area contributed by atoms with Crippen LogP contribution in [0.15, 0.2) is 54.6 Å². The molecule has 0 amide bonds. The first-order valence-electron chi connectivity index (χ1n) is 7.52. The molecule has 2 aromatic heterocycles. The smallest absolute Gasteiger partial charge is 0.156 e. The zero-order chi connectivity index (χ0) is 15.8. The maximum absolute atomic E-state index is 6.12. The van der Waals surface area contributed by atoms with Gasteiger partial charge < -0.3 is 10.3 Å². The Hall–Kier alpha value is -3.08. The number of nitrogens with one attached hydrogen (secondary N) is 1. The number of rotatable bonds is 3. The van der Waals surface area contributed by atoms with E-state index < -0.39 is 0 Å². The number of H-pyrrole nitrogens is 1. The van der Waals surface area contributed by atoms with E-state index in [2.05, 4.69) is 33.0 Å². The summed E-state index contributed by atoms with van der Waals surface area (Å²) >= 11 is 0. The van der Waals surface area contributed by atoms with Gasteiger partial charge in [-0.25, -0.2) is 4.98 Å². The Morgan fingerprint density at radius 3 is 2.57 bits per heavy atom. The number of nitrogens with zero attached hydrogens (tertiary/aromatic N) is 3. The van der Waals surface area contributed by atoms with Crippen LogP contribution >= 0.6 is 0 Å². The number of anilines is 1. The highest BCUT2D eigenvalue weighted by Gasteiger charge is 2.19. The van der Waals surface area contributed by atoms with Crippen molar-refractivity contribution in [3.05, 3.63) is 65.9 Å². The summed E-state index contributed by atoms with van der Waals surface area (Å²) in [5.41, 5.74) is 11.2. The molecule has 0 saturated carbocycles. The van der Waals surface area contributed by atoms with E-state index in [9.17, 15) is 0 Å². The molecular weight excluding hydrogens is 286 g/mol. The first kappa shape index (κ1) is 13.6. The molecule has 2 aromatic carbocycles. The molecule has 0 radical (unpaired) electrons. The molecule has 3 N–H and O–H groups in total. The summed E-state index contributed by atoms with van der Waals surface area (Å²) in [6, 6.07) is 18.3. The summed E-state index contributed by atoms with van der Waals surface area (Å²) in [4.78, 5) is 4.74. The molecule has 0 unspecified atom stereocenters. The van der Waals surface area contributed by atoms with Crippen LogP contribution in [0.3, 0.4) is 0 Å². The molecule has 0 spiro atoms. The topological polar surface area (TPSA) is 72.5 Å². The Morgan fingerprint density at radius 1 is 1.04 bits per heavy atom. The van der Waals surface area contributed by atoms with Crippen molar-refractivity contribution in [2.45, 2.75) is 6.42 Å². The van der Waals surface area contributed by atoms with Crippen LogP contribution < -0.4 is 5.73 Å². The lowest BCUT2D eigenvalue weighted by molar-refractivity contribution is 0.951. The number of imidazole rings is 1. The maximum Gasteiger partial charge on any atom is 0.156 e. The first-order valence-corrected chi connectivity index (χ1v) is 7.52. The largest absolute Gasteiger partial charge is 0.382 e. The summed E-state index contributed by atoms with van der Waals surface area (Å²) < 4.78 is 2.06. The van der Waals surface area contributed by atoms with Crippen LogP contribution in [0.1, 0.15) is 11.3 Å². The molecule has 0 aliphatic heterocycles. The molecule has 5 nitrogen and oxygen atoms in total. The Kier molecular flexibility index (Phi) is 3.12. The van der Waals surface area contributed by atoms with E-state index >= 15 is 0 Å². The van der Waals surface area contributed by atoms with E-state index in [-0.39, 0.29) is 0 Å². The highest BCUT2D eigenvalue weighted by atomic mass is 15.2. The molecule has 0 aliphatic carbocycles. The van der Waals surface area contributed by atoms with Crippen LogP contribution in [0, 0.1) is 0 Å². The van der Waals surface area contributed by atoms with Gasteiger partial charge in [-0.05, 0) is 17.7 Å². The van der Waals surface area contributed by atoms with Gasteiger partial charge in [-0.2, -0.15) is 5.10 Å². The predicted octanol–water partition coefficient (Wildman–Crippen LogP) is 3.14. The molecule has 23 heavy (non-hydrogen) atoms. The van der Waals surface area contributed by atoms with Gasteiger partial charge in [-0.3, -0.25) is 5.10 Å². The van der Waals surface area contributed by atoms with Crippen LogP contribution in [0.5, 0.6) is 0 Å². The van der Waals surface area contributed by atoms with Crippen molar-refractivity contribution in [3.8, 4) is 11.4 Å². The summed E-state index contributed by atoms with van der Waals surface area (Å²) in [6.45, 7) is 0. The van der Waals surface area contributed by atoms with E-state index in [1.807, 2.05) is 43.4 Å². The Bertz CT molecular complexity index is 966. The van der Waals surface area contributed by atoms with Crippen LogP contribution in [-0.4, -0.2) is 19.7 Å². The van der Waals surface area contributed by atoms with Crippen LogP contribution in [0.2, 0.25) is 0 Å². The Morgan fingerprint density at radius 2 is 1.78 bits per heavy atom. The zero-order valence-corrected chi connectivity index (χ0v) is 12.8. The second-order valence-electron chi connectivity index (χ2n) is 5.61. The van der Waals surface area contributed by atoms with Crippen molar-refractivity contribution < 1.29 is 0 Å². The quantitative estimate of drug-likeness (QED) is 0.610. The molecule has 5 heteroatoms. The van der Waals surface area contributed by atoms with Crippen molar-refractivity contribution in [1.82, 2.24) is 19.7 Å². The van der Waals surface area contributed by atoms with Crippen molar-refractivity contribution in [3.63, 3.8) is 0 Å². The number of para-hydroxylation sites is 2. The average Bonchev–Trinajstić information content (AvgIpc) is 3.09. The lowest BCUT2D eigenvalue weighted by Gasteiger charge is -2.05. The van der Waals surface area contributed by atoms with E-state index in [4.69, 9.17) is 10.7 Å². The molecular formula is C18H17N5. The van der Waals surface area contributed by atoms with E-state index in [0.29, 0.717) is 5.82 Å². The molecule has 0 bridgehead atoms. The number of nitrogen functional groups attached to an aromatic ring is 1. The highest BCUT2D eigenvalue weighted by Crippen LogP contribution is 2.30. The van der Waals surface area contributed by atoms with E-state index in [1.165, 1.54) is 5.56 Å². The van der Waals surface area contributed by atoms with Gasteiger partial charge in [0.05, 0.1) is 22.3 Å². The number of aryl methyl sites for hydroxylation is 1. The maximum atomic E-state index is 6.12. The monoisotopic (exact) mass is 303 g/mol. The predicted molar refractivity (Wildman–Crippen MR) is 92.0 cm³/mol. The molecule has 4 rings (SSSR count). The number of nitrogens with two attached hydrogens (primary N) is 1.